The number of anilines is 1. The average Bonchev–Trinajstić information content (AvgIpc) is 3.53. The molecule has 5 nitrogen and oxygen atoms in total. The van der Waals surface area contributed by atoms with Crippen LogP contribution in [-0.2, 0) is 15.1 Å². The van der Waals surface area contributed by atoms with Gasteiger partial charge in [-0.05, 0) is 44.4 Å². The zero-order valence-corrected chi connectivity index (χ0v) is 19.0. The first-order valence-electron chi connectivity index (χ1n) is 12.1. The number of nitrogens with zero attached hydrogens (tertiary/aromatic N) is 3. The molecule has 0 spiro atoms. The summed E-state index contributed by atoms with van der Waals surface area (Å²) in [7, 11) is 0. The van der Waals surface area contributed by atoms with Gasteiger partial charge in [0.1, 0.15) is 0 Å². The molecule has 0 bridgehead atoms. The van der Waals surface area contributed by atoms with E-state index in [9.17, 15) is 4.79 Å². The lowest BCUT2D eigenvalue weighted by molar-refractivity contribution is -0.145. The summed E-state index contributed by atoms with van der Waals surface area (Å²) in [6.45, 7) is 4.43. The van der Waals surface area contributed by atoms with Gasteiger partial charge < -0.3 is 9.64 Å². The van der Waals surface area contributed by atoms with Crippen LogP contribution >= 0.6 is 0 Å². The highest BCUT2D eigenvalue weighted by molar-refractivity contribution is 6.03. The first-order valence-corrected chi connectivity index (χ1v) is 12.1. The number of para-hydroxylation sites is 2. The fourth-order valence-electron chi connectivity index (χ4n) is 5.81. The molecule has 2 aliphatic heterocycles. The third-order valence-electron chi connectivity index (χ3n) is 7.34. The van der Waals surface area contributed by atoms with Gasteiger partial charge in [0, 0.05) is 49.6 Å². The highest BCUT2D eigenvalue weighted by Gasteiger charge is 2.49. The van der Waals surface area contributed by atoms with Gasteiger partial charge in [-0.15, -0.1) is 0 Å². The molecule has 0 N–H and O–H groups in total. The molecule has 2 unspecified atom stereocenters. The number of hydrogen-bond acceptors (Lipinski definition) is 4. The second-order valence-corrected chi connectivity index (χ2v) is 9.18. The van der Waals surface area contributed by atoms with E-state index in [4.69, 9.17) is 4.74 Å². The van der Waals surface area contributed by atoms with Crippen LogP contribution in [0.3, 0.4) is 0 Å². The zero-order chi connectivity index (χ0) is 22.0. The maximum Gasteiger partial charge on any atom is 0.264 e. The molecule has 0 aromatic heterocycles. The lowest BCUT2D eigenvalue weighted by Crippen LogP contribution is -2.54. The largest absolute Gasteiger partial charge is 0.360 e. The molecule has 2 atom stereocenters. The van der Waals surface area contributed by atoms with Crippen molar-refractivity contribution in [2.24, 2.45) is 4.99 Å². The summed E-state index contributed by atoms with van der Waals surface area (Å²) in [5.41, 5.74) is 1.62. The zero-order valence-electron chi connectivity index (χ0n) is 19.0. The molecule has 2 heterocycles. The van der Waals surface area contributed by atoms with E-state index in [0.29, 0.717) is 19.1 Å². The molecule has 1 aliphatic carbocycles. The molecular formula is C27H33N3O2. The van der Waals surface area contributed by atoms with Gasteiger partial charge in [0.05, 0.1) is 11.7 Å². The lowest BCUT2D eigenvalue weighted by atomic mass is 9.85. The first kappa shape index (κ1) is 21.4. The van der Waals surface area contributed by atoms with Gasteiger partial charge in [-0.2, -0.15) is 0 Å². The number of fused-ring (bicyclic) bond motifs is 1. The van der Waals surface area contributed by atoms with Crippen LogP contribution in [0.5, 0.6) is 0 Å². The smallest absolute Gasteiger partial charge is 0.264 e. The van der Waals surface area contributed by atoms with E-state index in [0.717, 1.165) is 36.4 Å². The van der Waals surface area contributed by atoms with E-state index in [1.54, 1.807) is 0 Å². The van der Waals surface area contributed by atoms with Crippen molar-refractivity contribution in [3.8, 4) is 0 Å². The van der Waals surface area contributed by atoms with Crippen LogP contribution in [0.25, 0.3) is 0 Å². The summed E-state index contributed by atoms with van der Waals surface area (Å²) in [4.78, 5) is 23.7. The topological polar surface area (TPSA) is 45.1 Å². The maximum atomic E-state index is 14.5. The molecule has 1 saturated heterocycles. The lowest BCUT2D eigenvalue weighted by Gasteiger charge is -2.41. The van der Waals surface area contributed by atoms with E-state index in [1.807, 2.05) is 60.5 Å². The predicted molar refractivity (Wildman–Crippen MR) is 129 cm³/mol. The summed E-state index contributed by atoms with van der Waals surface area (Å²) >= 11 is 0. The highest BCUT2D eigenvalue weighted by atomic mass is 16.5. The third-order valence-corrected chi connectivity index (χ3v) is 7.34. The highest BCUT2D eigenvalue weighted by Crippen LogP contribution is 2.42. The van der Waals surface area contributed by atoms with E-state index in [2.05, 4.69) is 22.0 Å². The Labute approximate surface area is 191 Å². The SMILES string of the molecule is CCOC1(C(=O)N(c2ccccc2)C2CCN(C3CCCC3)C2)CC=Nc2ccccc21. The number of hydrogen-bond donors (Lipinski definition) is 0. The fourth-order valence-corrected chi connectivity index (χ4v) is 5.81. The van der Waals surface area contributed by atoms with Crippen molar-refractivity contribution in [3.63, 3.8) is 0 Å². The third kappa shape index (κ3) is 3.78. The van der Waals surface area contributed by atoms with Crippen LogP contribution in [0, 0.1) is 0 Å². The van der Waals surface area contributed by atoms with Crippen molar-refractivity contribution in [1.29, 1.82) is 0 Å². The fraction of sp³-hybridized carbons (Fsp3) is 0.481. The second-order valence-electron chi connectivity index (χ2n) is 9.18. The second kappa shape index (κ2) is 9.16. The molecule has 168 valence electrons. The minimum absolute atomic E-state index is 0.0300. The van der Waals surface area contributed by atoms with Crippen molar-refractivity contribution in [3.05, 3.63) is 60.2 Å². The van der Waals surface area contributed by atoms with Crippen LogP contribution in [0.1, 0.15) is 51.0 Å². The van der Waals surface area contributed by atoms with Crippen LogP contribution in [0.4, 0.5) is 11.4 Å². The van der Waals surface area contributed by atoms with Gasteiger partial charge in [-0.25, -0.2) is 0 Å². The maximum absolute atomic E-state index is 14.5. The predicted octanol–water partition coefficient (Wildman–Crippen LogP) is 5.07. The van der Waals surface area contributed by atoms with Crippen molar-refractivity contribution in [1.82, 2.24) is 4.90 Å². The Morgan fingerprint density at radius 3 is 2.62 bits per heavy atom. The van der Waals surface area contributed by atoms with Crippen LogP contribution < -0.4 is 4.90 Å². The molecule has 1 saturated carbocycles. The van der Waals surface area contributed by atoms with Crippen LogP contribution in [0.15, 0.2) is 59.6 Å². The average molecular weight is 432 g/mol. The Hall–Kier alpha value is -2.50. The van der Waals surface area contributed by atoms with E-state index in [-0.39, 0.29) is 11.9 Å². The Balaban J connectivity index is 1.52. The summed E-state index contributed by atoms with van der Waals surface area (Å²) in [5, 5.41) is 0. The van der Waals surface area contributed by atoms with Crippen molar-refractivity contribution in [2.75, 3.05) is 24.6 Å². The van der Waals surface area contributed by atoms with E-state index < -0.39 is 5.60 Å². The Morgan fingerprint density at radius 2 is 1.84 bits per heavy atom. The molecule has 2 fully saturated rings. The van der Waals surface area contributed by atoms with Crippen LogP contribution in [-0.4, -0.2) is 48.8 Å². The number of benzene rings is 2. The normalized spacial score (nSPS) is 25.7. The van der Waals surface area contributed by atoms with Gasteiger partial charge >= 0.3 is 0 Å². The van der Waals surface area contributed by atoms with Crippen molar-refractivity contribution in [2.45, 2.75) is 63.1 Å². The molecular weight excluding hydrogens is 398 g/mol. The number of amides is 1. The summed E-state index contributed by atoms with van der Waals surface area (Å²) in [6, 6.07) is 18.9. The van der Waals surface area contributed by atoms with Gasteiger partial charge in [0.15, 0.2) is 5.60 Å². The molecule has 1 amide bonds. The van der Waals surface area contributed by atoms with Gasteiger partial charge in [0.2, 0.25) is 0 Å². The molecule has 2 aromatic carbocycles. The molecule has 0 radical (unpaired) electrons. The van der Waals surface area contributed by atoms with Crippen molar-refractivity contribution < 1.29 is 9.53 Å². The Bertz CT molecular complexity index is 970. The molecule has 5 heteroatoms. The molecule has 3 aliphatic rings. The number of aliphatic imine (C=N–C) groups is 1. The standard InChI is InChI=1S/C27H33N3O2/c1-2-32-27(17-18-28-25-15-9-8-14-24(25)27)26(31)30(22-12-4-3-5-13-22)23-16-19-29(20-23)21-10-6-7-11-21/h3-5,8-9,12-15,18,21,23H,2,6-7,10-11,16-17,19-20H2,1H3. The van der Waals surface area contributed by atoms with Crippen molar-refractivity contribution >= 4 is 23.5 Å². The molecule has 32 heavy (non-hydrogen) atoms. The molecule has 2 aromatic rings. The summed E-state index contributed by atoms with van der Waals surface area (Å²) in [6.07, 6.45) is 8.54. The summed E-state index contributed by atoms with van der Waals surface area (Å²) < 4.78 is 6.35. The Morgan fingerprint density at radius 1 is 1.09 bits per heavy atom. The number of rotatable bonds is 6. The first-order chi connectivity index (χ1) is 15.7. The minimum atomic E-state index is -1.04. The summed E-state index contributed by atoms with van der Waals surface area (Å²) in [5.74, 6) is 0.0300. The van der Waals surface area contributed by atoms with E-state index in [1.165, 1.54) is 25.7 Å². The van der Waals surface area contributed by atoms with Crippen LogP contribution in [0.2, 0.25) is 0 Å². The Kier molecular flexibility index (Phi) is 6.11. The van der Waals surface area contributed by atoms with Gasteiger partial charge in [-0.3, -0.25) is 14.7 Å². The number of carbonyl (C=O) groups is 1. The quantitative estimate of drug-likeness (QED) is 0.641. The van der Waals surface area contributed by atoms with E-state index >= 15 is 0 Å². The van der Waals surface area contributed by atoms with Gasteiger partial charge in [-0.1, -0.05) is 49.2 Å². The number of likely N-dealkylation sites (tertiary alicyclic amines) is 1. The van der Waals surface area contributed by atoms with Gasteiger partial charge in [0.25, 0.3) is 5.91 Å². The minimum Gasteiger partial charge on any atom is -0.360 e. The number of carbonyl (C=O) groups excluding carboxylic acids is 1. The molecule has 5 rings (SSSR count). The number of ether oxygens (including phenoxy) is 1. The monoisotopic (exact) mass is 431 g/mol.